The van der Waals surface area contributed by atoms with E-state index in [4.69, 9.17) is 22.1 Å². The van der Waals surface area contributed by atoms with Gasteiger partial charge in [-0.05, 0) is 19.4 Å². The minimum atomic E-state index is -0.494. The molecule has 0 bridgehead atoms. The summed E-state index contributed by atoms with van der Waals surface area (Å²) in [5.74, 6) is 0.598. The van der Waals surface area contributed by atoms with E-state index in [1.165, 1.54) is 21.3 Å². The van der Waals surface area contributed by atoms with Gasteiger partial charge in [0.05, 0.1) is 30.8 Å². The van der Waals surface area contributed by atoms with Crippen molar-refractivity contribution in [2.45, 2.75) is 26.9 Å². The van der Waals surface area contributed by atoms with E-state index in [0.717, 1.165) is 11.1 Å². The smallest absolute Gasteiger partial charge is 0.331 e. The fourth-order valence-corrected chi connectivity index (χ4v) is 4.08. The van der Waals surface area contributed by atoms with E-state index in [2.05, 4.69) is 15.0 Å². The van der Waals surface area contributed by atoms with Crippen molar-refractivity contribution in [3.8, 4) is 5.75 Å². The molecule has 0 unspecified atom stereocenters. The van der Waals surface area contributed by atoms with Crippen LogP contribution in [0.1, 0.15) is 22.4 Å². The number of nitrogens with two attached hydrogens (primary N) is 1. The molecule has 1 aromatic carbocycles. The monoisotopic (exact) mass is 469 g/mol. The normalized spacial score (nSPS) is 11.2. The summed E-state index contributed by atoms with van der Waals surface area (Å²) in [4.78, 5) is 36.8. The SMILES string of the molecule is COc1c(C)cnc(Cn2c(=O)n(Cc3cccc([N+](=O)[O-])c3)c3c(Cl)nc(N)nc32)c1C. The van der Waals surface area contributed by atoms with Gasteiger partial charge in [-0.1, -0.05) is 23.7 Å². The molecule has 33 heavy (non-hydrogen) atoms. The maximum Gasteiger partial charge on any atom is 0.331 e. The van der Waals surface area contributed by atoms with Gasteiger partial charge in [-0.15, -0.1) is 0 Å². The molecular formula is C21H20ClN7O4. The summed E-state index contributed by atoms with van der Waals surface area (Å²) in [7, 11) is 1.57. The number of aromatic nitrogens is 5. The van der Waals surface area contributed by atoms with Gasteiger partial charge in [-0.2, -0.15) is 9.97 Å². The standard InChI is InChI=1S/C21H20ClN7O4/c1-11-8-24-15(12(2)17(11)33-3)10-28-19-16(18(22)25-20(23)26-19)27(21(28)30)9-13-5-4-6-14(7-13)29(31)32/h4-8H,9-10H2,1-3H3,(H2,23,25,26). The predicted molar refractivity (Wildman–Crippen MR) is 123 cm³/mol. The number of halogens is 1. The average molecular weight is 470 g/mol. The molecule has 0 fully saturated rings. The van der Waals surface area contributed by atoms with Crippen molar-refractivity contribution < 1.29 is 9.66 Å². The number of fused-ring (bicyclic) bond motifs is 1. The van der Waals surface area contributed by atoms with E-state index in [-0.39, 0.29) is 41.0 Å². The van der Waals surface area contributed by atoms with E-state index in [0.29, 0.717) is 17.0 Å². The second-order valence-corrected chi connectivity index (χ2v) is 7.83. The summed E-state index contributed by atoms with van der Waals surface area (Å²) in [6.45, 7) is 3.86. The number of benzene rings is 1. The number of ether oxygens (including phenoxy) is 1. The maximum atomic E-state index is 13.5. The predicted octanol–water partition coefficient (Wildman–Crippen LogP) is 2.85. The molecule has 2 N–H and O–H groups in total. The zero-order valence-corrected chi connectivity index (χ0v) is 18.8. The summed E-state index contributed by atoms with van der Waals surface area (Å²) in [5.41, 5.74) is 8.63. The summed E-state index contributed by atoms with van der Waals surface area (Å²) in [5, 5.41) is 11.2. The number of aryl methyl sites for hydroxylation is 1. The van der Waals surface area contributed by atoms with Crippen LogP contribution in [0.2, 0.25) is 5.15 Å². The number of pyridine rings is 1. The Kier molecular flexibility index (Phi) is 5.73. The molecule has 0 aliphatic rings. The number of nitro benzene ring substituents is 1. The Morgan fingerprint density at radius 1 is 1.21 bits per heavy atom. The van der Waals surface area contributed by atoms with Crippen LogP contribution in [-0.4, -0.2) is 36.1 Å². The first-order valence-electron chi connectivity index (χ1n) is 9.85. The number of methoxy groups -OCH3 is 1. The van der Waals surface area contributed by atoms with Crippen molar-refractivity contribution in [2.24, 2.45) is 0 Å². The lowest BCUT2D eigenvalue weighted by Gasteiger charge is -2.12. The third-order valence-corrected chi connectivity index (χ3v) is 5.61. The number of imidazole rings is 1. The highest BCUT2D eigenvalue weighted by Crippen LogP contribution is 2.26. The van der Waals surface area contributed by atoms with Crippen molar-refractivity contribution in [1.82, 2.24) is 24.1 Å². The van der Waals surface area contributed by atoms with Crippen LogP contribution in [0.4, 0.5) is 11.6 Å². The van der Waals surface area contributed by atoms with Gasteiger partial charge in [0.25, 0.3) is 5.69 Å². The van der Waals surface area contributed by atoms with E-state index >= 15 is 0 Å². The molecule has 3 heterocycles. The van der Waals surface area contributed by atoms with Crippen LogP contribution in [0.25, 0.3) is 11.2 Å². The average Bonchev–Trinajstić information content (AvgIpc) is 3.02. The largest absolute Gasteiger partial charge is 0.496 e. The van der Waals surface area contributed by atoms with Crippen molar-refractivity contribution in [2.75, 3.05) is 12.8 Å². The number of nitro groups is 1. The molecule has 3 aromatic heterocycles. The number of anilines is 1. The molecule has 0 radical (unpaired) electrons. The number of non-ortho nitro benzene ring substituents is 1. The van der Waals surface area contributed by atoms with E-state index in [1.54, 1.807) is 25.4 Å². The Morgan fingerprint density at radius 3 is 2.67 bits per heavy atom. The van der Waals surface area contributed by atoms with Crippen LogP contribution in [0, 0.1) is 24.0 Å². The third kappa shape index (κ3) is 3.98. The molecule has 4 rings (SSSR count). The number of hydrogen-bond donors (Lipinski definition) is 1. The van der Waals surface area contributed by atoms with E-state index in [9.17, 15) is 14.9 Å². The highest BCUT2D eigenvalue weighted by Gasteiger charge is 2.22. The zero-order valence-electron chi connectivity index (χ0n) is 18.1. The van der Waals surface area contributed by atoms with Crippen LogP contribution >= 0.6 is 11.6 Å². The molecule has 0 amide bonds. The van der Waals surface area contributed by atoms with Gasteiger partial charge in [-0.3, -0.25) is 24.2 Å². The highest BCUT2D eigenvalue weighted by atomic mass is 35.5. The first kappa shape index (κ1) is 22.2. The fourth-order valence-electron chi connectivity index (χ4n) is 3.80. The Bertz CT molecular complexity index is 1460. The Balaban J connectivity index is 1.89. The molecule has 0 spiro atoms. The van der Waals surface area contributed by atoms with Crippen molar-refractivity contribution >= 4 is 34.4 Å². The second-order valence-electron chi connectivity index (χ2n) is 7.47. The number of nitrogens with zero attached hydrogens (tertiary/aromatic N) is 6. The fraction of sp³-hybridized carbons (Fsp3) is 0.238. The Morgan fingerprint density at radius 2 is 1.97 bits per heavy atom. The van der Waals surface area contributed by atoms with Crippen LogP contribution < -0.4 is 16.2 Å². The maximum absolute atomic E-state index is 13.5. The Labute approximate surface area is 192 Å². The van der Waals surface area contributed by atoms with E-state index < -0.39 is 10.6 Å². The van der Waals surface area contributed by atoms with Gasteiger partial charge in [0.15, 0.2) is 10.8 Å². The second kappa shape index (κ2) is 8.51. The van der Waals surface area contributed by atoms with Crippen LogP contribution in [0.3, 0.4) is 0 Å². The zero-order chi connectivity index (χ0) is 23.9. The number of rotatable bonds is 6. The van der Waals surface area contributed by atoms with Crippen LogP contribution in [0.15, 0.2) is 35.3 Å². The molecular weight excluding hydrogens is 450 g/mol. The summed E-state index contributed by atoms with van der Waals surface area (Å²) < 4.78 is 8.25. The molecule has 4 aromatic rings. The van der Waals surface area contributed by atoms with Crippen molar-refractivity contribution in [3.63, 3.8) is 0 Å². The number of nitrogen functional groups attached to an aromatic ring is 1. The van der Waals surface area contributed by atoms with Gasteiger partial charge in [0, 0.05) is 29.5 Å². The molecule has 170 valence electrons. The van der Waals surface area contributed by atoms with Gasteiger partial charge in [-0.25, -0.2) is 4.79 Å². The molecule has 0 saturated heterocycles. The van der Waals surface area contributed by atoms with Gasteiger partial charge >= 0.3 is 5.69 Å². The van der Waals surface area contributed by atoms with Gasteiger partial charge in [0.1, 0.15) is 11.3 Å². The summed E-state index contributed by atoms with van der Waals surface area (Å²) in [6, 6.07) is 6.02. The minimum absolute atomic E-state index is 0.00458. The Hall–Kier alpha value is -3.99. The topological polar surface area (TPSA) is 144 Å². The molecule has 0 saturated carbocycles. The minimum Gasteiger partial charge on any atom is -0.496 e. The molecule has 12 heteroatoms. The lowest BCUT2D eigenvalue weighted by Crippen LogP contribution is -2.26. The highest BCUT2D eigenvalue weighted by molar-refractivity contribution is 6.33. The van der Waals surface area contributed by atoms with Crippen molar-refractivity contribution in [3.05, 3.63) is 78.6 Å². The quantitative estimate of drug-likeness (QED) is 0.258. The first-order valence-corrected chi connectivity index (χ1v) is 10.2. The van der Waals surface area contributed by atoms with Gasteiger partial charge in [0.2, 0.25) is 5.95 Å². The van der Waals surface area contributed by atoms with Crippen LogP contribution in [-0.2, 0) is 13.1 Å². The van der Waals surface area contributed by atoms with Crippen LogP contribution in [0.5, 0.6) is 5.75 Å². The molecule has 0 aliphatic heterocycles. The molecule has 0 aliphatic carbocycles. The molecule has 11 nitrogen and oxygen atoms in total. The first-order chi connectivity index (χ1) is 15.7. The summed E-state index contributed by atoms with van der Waals surface area (Å²) >= 11 is 6.36. The van der Waals surface area contributed by atoms with Crippen molar-refractivity contribution in [1.29, 1.82) is 0 Å². The molecule has 0 atom stereocenters. The number of hydrogen-bond acceptors (Lipinski definition) is 8. The third-order valence-electron chi connectivity index (χ3n) is 5.35. The lowest BCUT2D eigenvalue weighted by atomic mass is 10.1. The van der Waals surface area contributed by atoms with Gasteiger partial charge < -0.3 is 10.5 Å². The lowest BCUT2D eigenvalue weighted by molar-refractivity contribution is -0.384. The summed E-state index contributed by atoms with van der Waals surface area (Å²) in [6.07, 6.45) is 1.67. The van der Waals surface area contributed by atoms with E-state index in [1.807, 2.05) is 13.8 Å².